The number of furan rings is 1. The van der Waals surface area contributed by atoms with Crippen LogP contribution in [-0.2, 0) is 11.3 Å². The van der Waals surface area contributed by atoms with Gasteiger partial charge < -0.3 is 14.6 Å². The lowest BCUT2D eigenvalue weighted by Gasteiger charge is -2.23. The smallest absolute Gasteiger partial charge is 0.255 e. The summed E-state index contributed by atoms with van der Waals surface area (Å²) in [5.74, 6) is 1.07. The Morgan fingerprint density at radius 1 is 1.24 bits per heavy atom. The highest BCUT2D eigenvalue weighted by Gasteiger charge is 2.33. The fourth-order valence-corrected chi connectivity index (χ4v) is 4.65. The summed E-state index contributed by atoms with van der Waals surface area (Å²) >= 11 is 7.54. The van der Waals surface area contributed by atoms with E-state index in [1.807, 2.05) is 37.3 Å². The molecule has 29 heavy (non-hydrogen) atoms. The molecule has 5 nitrogen and oxygen atoms in total. The molecular weight excluding hydrogens is 408 g/mol. The van der Waals surface area contributed by atoms with Gasteiger partial charge in [-0.3, -0.25) is 9.59 Å². The number of halogens is 1. The predicted octanol–water partition coefficient (Wildman–Crippen LogP) is 5.27. The van der Waals surface area contributed by atoms with Crippen molar-refractivity contribution < 1.29 is 14.0 Å². The zero-order chi connectivity index (χ0) is 20.4. The van der Waals surface area contributed by atoms with Crippen molar-refractivity contribution in [3.8, 4) is 0 Å². The lowest BCUT2D eigenvalue weighted by molar-refractivity contribution is -0.128. The first-order valence-corrected chi connectivity index (χ1v) is 10.5. The number of amides is 2. The normalized spacial score (nSPS) is 16.3. The third-order valence-corrected chi connectivity index (χ3v) is 6.26. The van der Waals surface area contributed by atoms with Gasteiger partial charge in [0.05, 0.1) is 18.6 Å². The van der Waals surface area contributed by atoms with Crippen LogP contribution in [0, 0.1) is 6.92 Å². The van der Waals surface area contributed by atoms with E-state index >= 15 is 0 Å². The molecule has 0 radical (unpaired) electrons. The Labute approximate surface area is 178 Å². The third-order valence-electron chi connectivity index (χ3n) is 4.77. The molecule has 2 aromatic carbocycles. The Bertz CT molecular complexity index is 1030. The molecule has 0 unspecified atom stereocenters. The van der Waals surface area contributed by atoms with Crippen LogP contribution in [0.15, 0.2) is 65.3 Å². The van der Waals surface area contributed by atoms with E-state index in [2.05, 4.69) is 5.32 Å². The van der Waals surface area contributed by atoms with E-state index in [1.54, 1.807) is 47.2 Å². The number of hydrogen-bond donors (Lipinski definition) is 1. The van der Waals surface area contributed by atoms with Crippen LogP contribution >= 0.6 is 23.4 Å². The van der Waals surface area contributed by atoms with E-state index in [9.17, 15) is 9.59 Å². The molecule has 1 atom stereocenters. The van der Waals surface area contributed by atoms with E-state index < -0.39 is 0 Å². The summed E-state index contributed by atoms with van der Waals surface area (Å²) in [4.78, 5) is 26.7. The standard InChI is InChI=1S/C22H19ClN2O3S/c1-14-11-17(23)8-9-19(14)24-21(27)15-4-6-16(7-5-15)22-25(20(26)13-29-22)12-18-3-2-10-28-18/h2-11,22H,12-13H2,1H3,(H,24,27)/t22-/m1/s1. The number of nitrogens with zero attached hydrogens (tertiary/aromatic N) is 1. The van der Waals surface area contributed by atoms with Crippen molar-refractivity contribution in [1.82, 2.24) is 4.90 Å². The van der Waals surface area contributed by atoms with Gasteiger partial charge in [-0.15, -0.1) is 11.8 Å². The molecule has 2 amide bonds. The van der Waals surface area contributed by atoms with Gasteiger partial charge in [-0.25, -0.2) is 0 Å². The highest BCUT2D eigenvalue weighted by Crippen LogP contribution is 2.39. The van der Waals surface area contributed by atoms with Crippen LogP contribution in [0.25, 0.3) is 0 Å². The van der Waals surface area contributed by atoms with Crippen molar-refractivity contribution in [3.63, 3.8) is 0 Å². The first-order valence-electron chi connectivity index (χ1n) is 9.12. The molecule has 4 rings (SSSR count). The fraction of sp³-hybridized carbons (Fsp3) is 0.182. The molecular formula is C22H19ClN2O3S. The van der Waals surface area contributed by atoms with Gasteiger partial charge in [0.15, 0.2) is 0 Å². The first kappa shape index (κ1) is 19.6. The molecule has 0 aliphatic carbocycles. The van der Waals surface area contributed by atoms with E-state index in [4.69, 9.17) is 16.0 Å². The number of rotatable bonds is 5. The number of aryl methyl sites for hydroxylation is 1. The van der Waals surface area contributed by atoms with E-state index in [0.29, 0.717) is 22.9 Å². The van der Waals surface area contributed by atoms with Crippen molar-refractivity contribution in [3.05, 3.63) is 88.3 Å². The van der Waals surface area contributed by atoms with Crippen LogP contribution in [0.2, 0.25) is 5.02 Å². The minimum absolute atomic E-state index is 0.0800. The molecule has 3 aromatic rings. The van der Waals surface area contributed by atoms with Gasteiger partial charge in [0.25, 0.3) is 5.91 Å². The topological polar surface area (TPSA) is 62.6 Å². The second-order valence-electron chi connectivity index (χ2n) is 6.80. The van der Waals surface area contributed by atoms with Crippen LogP contribution in [-0.4, -0.2) is 22.5 Å². The minimum atomic E-state index is -0.190. The van der Waals surface area contributed by atoms with Crippen LogP contribution in [0.1, 0.15) is 32.6 Å². The maximum Gasteiger partial charge on any atom is 0.255 e. The quantitative estimate of drug-likeness (QED) is 0.603. The second kappa shape index (κ2) is 8.35. The summed E-state index contributed by atoms with van der Waals surface area (Å²) in [6.07, 6.45) is 1.60. The van der Waals surface area contributed by atoms with Gasteiger partial charge in [0, 0.05) is 16.3 Å². The summed E-state index contributed by atoms with van der Waals surface area (Å²) in [5.41, 5.74) is 3.16. The average molecular weight is 427 g/mol. The van der Waals surface area contributed by atoms with Gasteiger partial charge in [-0.1, -0.05) is 23.7 Å². The van der Waals surface area contributed by atoms with Gasteiger partial charge in [-0.05, 0) is 60.5 Å². The van der Waals surface area contributed by atoms with Crippen LogP contribution in [0.5, 0.6) is 0 Å². The molecule has 2 heterocycles. The molecule has 0 spiro atoms. The number of carbonyl (C=O) groups excluding carboxylic acids is 2. The van der Waals surface area contributed by atoms with E-state index in [0.717, 1.165) is 22.6 Å². The zero-order valence-corrected chi connectivity index (χ0v) is 17.3. The van der Waals surface area contributed by atoms with Crippen LogP contribution in [0.4, 0.5) is 5.69 Å². The predicted molar refractivity (Wildman–Crippen MR) is 115 cm³/mol. The van der Waals surface area contributed by atoms with Gasteiger partial charge in [-0.2, -0.15) is 0 Å². The summed E-state index contributed by atoms with van der Waals surface area (Å²) in [6, 6.07) is 16.4. The Morgan fingerprint density at radius 3 is 2.72 bits per heavy atom. The molecule has 148 valence electrons. The molecule has 1 aliphatic heterocycles. The third kappa shape index (κ3) is 4.33. The number of benzene rings is 2. The second-order valence-corrected chi connectivity index (χ2v) is 8.30. The SMILES string of the molecule is Cc1cc(Cl)ccc1NC(=O)c1ccc([C@H]2SCC(=O)N2Cc2ccco2)cc1. The summed E-state index contributed by atoms with van der Waals surface area (Å²) in [5, 5.41) is 3.45. The summed E-state index contributed by atoms with van der Waals surface area (Å²) < 4.78 is 5.39. The van der Waals surface area contributed by atoms with Crippen LogP contribution in [0.3, 0.4) is 0 Å². The van der Waals surface area contributed by atoms with Gasteiger partial charge in [0.2, 0.25) is 5.91 Å². The van der Waals surface area contributed by atoms with Crippen molar-refractivity contribution in [2.45, 2.75) is 18.8 Å². The zero-order valence-electron chi connectivity index (χ0n) is 15.7. The van der Waals surface area contributed by atoms with Crippen molar-refractivity contribution >= 4 is 40.9 Å². The number of nitrogens with one attached hydrogen (secondary N) is 1. The molecule has 0 saturated carbocycles. The number of thioether (sulfide) groups is 1. The Hall–Kier alpha value is -2.70. The number of carbonyl (C=O) groups is 2. The molecule has 0 bridgehead atoms. The van der Waals surface area contributed by atoms with Gasteiger partial charge in [0.1, 0.15) is 11.1 Å². The molecule has 1 aromatic heterocycles. The lowest BCUT2D eigenvalue weighted by atomic mass is 10.1. The highest BCUT2D eigenvalue weighted by molar-refractivity contribution is 8.00. The van der Waals surface area contributed by atoms with Crippen molar-refractivity contribution in [2.24, 2.45) is 0 Å². The number of anilines is 1. The Kier molecular flexibility index (Phi) is 5.65. The number of hydrogen-bond acceptors (Lipinski definition) is 4. The van der Waals surface area contributed by atoms with E-state index in [-0.39, 0.29) is 17.2 Å². The molecule has 1 saturated heterocycles. The van der Waals surface area contributed by atoms with E-state index in [1.165, 1.54) is 0 Å². The molecule has 1 aliphatic rings. The highest BCUT2D eigenvalue weighted by atomic mass is 35.5. The van der Waals surface area contributed by atoms with Gasteiger partial charge >= 0.3 is 0 Å². The van der Waals surface area contributed by atoms with Crippen molar-refractivity contribution in [2.75, 3.05) is 11.1 Å². The molecule has 1 N–H and O–H groups in total. The van der Waals surface area contributed by atoms with Crippen LogP contribution < -0.4 is 5.32 Å². The lowest BCUT2D eigenvalue weighted by Crippen LogP contribution is -2.27. The maximum absolute atomic E-state index is 12.6. The monoisotopic (exact) mass is 426 g/mol. The summed E-state index contributed by atoms with van der Waals surface area (Å²) in [7, 11) is 0. The average Bonchev–Trinajstić information content (AvgIpc) is 3.35. The summed E-state index contributed by atoms with van der Waals surface area (Å²) in [6.45, 7) is 2.33. The minimum Gasteiger partial charge on any atom is -0.467 e. The first-order chi connectivity index (χ1) is 14.0. The largest absolute Gasteiger partial charge is 0.467 e. The van der Waals surface area contributed by atoms with Crippen molar-refractivity contribution in [1.29, 1.82) is 0 Å². The fourth-order valence-electron chi connectivity index (χ4n) is 3.23. The molecule has 1 fully saturated rings. The Morgan fingerprint density at radius 2 is 2.03 bits per heavy atom. The molecule has 7 heteroatoms. The Balaban J connectivity index is 1.48. The maximum atomic E-state index is 12.6.